The van der Waals surface area contributed by atoms with E-state index in [0.29, 0.717) is 29.1 Å². The van der Waals surface area contributed by atoms with E-state index in [9.17, 15) is 9.59 Å². The van der Waals surface area contributed by atoms with E-state index in [1.807, 2.05) is 44.2 Å². The SMILES string of the molecule is CC(C)Oc1ccccc1NC(=O)c1ccc(C(=O)NCc2ccncc2)cc1. The fourth-order valence-electron chi connectivity index (χ4n) is 2.68. The number of benzene rings is 2. The van der Waals surface area contributed by atoms with Gasteiger partial charge in [0.15, 0.2) is 0 Å². The molecular weight excluding hydrogens is 366 g/mol. The van der Waals surface area contributed by atoms with Gasteiger partial charge in [-0.25, -0.2) is 0 Å². The van der Waals surface area contributed by atoms with E-state index in [1.54, 1.807) is 42.7 Å². The number of nitrogens with one attached hydrogen (secondary N) is 2. The van der Waals surface area contributed by atoms with Crippen molar-refractivity contribution < 1.29 is 14.3 Å². The molecule has 6 heteroatoms. The Labute approximate surface area is 169 Å². The third kappa shape index (κ3) is 5.65. The van der Waals surface area contributed by atoms with Gasteiger partial charge in [-0.2, -0.15) is 0 Å². The highest BCUT2D eigenvalue weighted by Gasteiger charge is 2.12. The van der Waals surface area contributed by atoms with Crippen LogP contribution in [0.3, 0.4) is 0 Å². The van der Waals surface area contributed by atoms with Crippen LogP contribution in [0.4, 0.5) is 5.69 Å². The third-order valence-electron chi connectivity index (χ3n) is 4.11. The predicted molar refractivity (Wildman–Crippen MR) is 112 cm³/mol. The normalized spacial score (nSPS) is 10.4. The summed E-state index contributed by atoms with van der Waals surface area (Å²) in [6, 6.07) is 17.5. The van der Waals surface area contributed by atoms with Crippen molar-refractivity contribution in [1.82, 2.24) is 10.3 Å². The van der Waals surface area contributed by atoms with Crippen LogP contribution in [0.1, 0.15) is 40.1 Å². The topological polar surface area (TPSA) is 80.3 Å². The number of pyridine rings is 1. The highest BCUT2D eigenvalue weighted by molar-refractivity contribution is 6.05. The van der Waals surface area contributed by atoms with Gasteiger partial charge in [-0.15, -0.1) is 0 Å². The van der Waals surface area contributed by atoms with Gasteiger partial charge in [-0.3, -0.25) is 14.6 Å². The average molecular weight is 389 g/mol. The lowest BCUT2D eigenvalue weighted by atomic mass is 10.1. The molecule has 3 aromatic rings. The van der Waals surface area contributed by atoms with E-state index >= 15 is 0 Å². The molecule has 0 aliphatic rings. The molecule has 2 amide bonds. The number of hydrogen-bond acceptors (Lipinski definition) is 4. The summed E-state index contributed by atoms with van der Waals surface area (Å²) in [7, 11) is 0. The molecule has 0 saturated heterocycles. The molecule has 0 bridgehead atoms. The number of carbonyl (C=O) groups excluding carboxylic acids is 2. The molecule has 0 aliphatic carbocycles. The second-order valence-corrected chi connectivity index (χ2v) is 6.73. The Kier molecular flexibility index (Phi) is 6.58. The maximum Gasteiger partial charge on any atom is 0.255 e. The van der Waals surface area contributed by atoms with E-state index in [1.165, 1.54) is 0 Å². The first-order valence-corrected chi connectivity index (χ1v) is 9.37. The summed E-state index contributed by atoms with van der Waals surface area (Å²) in [4.78, 5) is 28.8. The van der Waals surface area contributed by atoms with Crippen molar-refractivity contribution in [3.63, 3.8) is 0 Å². The van der Waals surface area contributed by atoms with Crippen molar-refractivity contribution >= 4 is 17.5 Å². The molecule has 6 nitrogen and oxygen atoms in total. The number of ether oxygens (including phenoxy) is 1. The first kappa shape index (κ1) is 20.1. The van der Waals surface area contributed by atoms with Crippen LogP contribution in [0.2, 0.25) is 0 Å². The van der Waals surface area contributed by atoms with E-state index in [-0.39, 0.29) is 17.9 Å². The summed E-state index contributed by atoms with van der Waals surface area (Å²) < 4.78 is 5.72. The van der Waals surface area contributed by atoms with Crippen LogP contribution >= 0.6 is 0 Å². The summed E-state index contributed by atoms with van der Waals surface area (Å²) in [6.45, 7) is 4.27. The summed E-state index contributed by atoms with van der Waals surface area (Å²) in [5.41, 5.74) is 2.51. The number of para-hydroxylation sites is 2. The molecule has 0 aliphatic heterocycles. The molecular formula is C23H23N3O3. The largest absolute Gasteiger partial charge is 0.489 e. The van der Waals surface area contributed by atoms with Crippen molar-refractivity contribution in [2.45, 2.75) is 26.5 Å². The molecule has 1 heterocycles. The second kappa shape index (κ2) is 9.50. The lowest BCUT2D eigenvalue weighted by Crippen LogP contribution is -2.23. The molecule has 2 aromatic carbocycles. The number of rotatable bonds is 7. The number of aromatic nitrogens is 1. The summed E-state index contributed by atoms with van der Waals surface area (Å²) in [5.74, 6) is 0.140. The molecule has 0 saturated carbocycles. The average Bonchev–Trinajstić information content (AvgIpc) is 2.74. The summed E-state index contributed by atoms with van der Waals surface area (Å²) in [6.07, 6.45) is 3.36. The number of carbonyl (C=O) groups is 2. The van der Waals surface area contributed by atoms with Crippen LogP contribution in [0.15, 0.2) is 73.1 Å². The second-order valence-electron chi connectivity index (χ2n) is 6.73. The zero-order valence-corrected chi connectivity index (χ0v) is 16.4. The Morgan fingerprint density at radius 1 is 0.897 bits per heavy atom. The quantitative estimate of drug-likeness (QED) is 0.639. The minimum Gasteiger partial charge on any atom is -0.489 e. The van der Waals surface area contributed by atoms with Gasteiger partial charge in [0.1, 0.15) is 5.75 Å². The third-order valence-corrected chi connectivity index (χ3v) is 4.11. The number of hydrogen-bond donors (Lipinski definition) is 2. The fourth-order valence-corrected chi connectivity index (χ4v) is 2.68. The summed E-state index contributed by atoms with van der Waals surface area (Å²) >= 11 is 0. The maximum absolute atomic E-state index is 12.6. The first-order chi connectivity index (χ1) is 14.0. The fraction of sp³-hybridized carbons (Fsp3) is 0.174. The molecule has 29 heavy (non-hydrogen) atoms. The van der Waals surface area contributed by atoms with Crippen LogP contribution < -0.4 is 15.4 Å². The van der Waals surface area contributed by atoms with Crippen LogP contribution in [0.5, 0.6) is 5.75 Å². The molecule has 148 valence electrons. The zero-order chi connectivity index (χ0) is 20.6. The van der Waals surface area contributed by atoms with Crippen molar-refractivity contribution in [2.75, 3.05) is 5.32 Å². The number of anilines is 1. The van der Waals surface area contributed by atoms with Crippen molar-refractivity contribution in [1.29, 1.82) is 0 Å². The Morgan fingerprint density at radius 3 is 2.17 bits per heavy atom. The number of nitrogens with zero attached hydrogens (tertiary/aromatic N) is 1. The Balaban J connectivity index is 1.62. The molecule has 3 rings (SSSR count). The minimum atomic E-state index is -0.270. The first-order valence-electron chi connectivity index (χ1n) is 9.37. The predicted octanol–water partition coefficient (Wildman–Crippen LogP) is 4.05. The van der Waals surface area contributed by atoms with Gasteiger partial charge in [-0.1, -0.05) is 12.1 Å². The van der Waals surface area contributed by atoms with Gasteiger partial charge in [-0.05, 0) is 67.9 Å². The van der Waals surface area contributed by atoms with Crippen molar-refractivity contribution in [3.8, 4) is 5.75 Å². The van der Waals surface area contributed by atoms with E-state index < -0.39 is 0 Å². The van der Waals surface area contributed by atoms with Gasteiger partial charge in [0, 0.05) is 30.1 Å². The van der Waals surface area contributed by atoms with Gasteiger partial charge < -0.3 is 15.4 Å². The van der Waals surface area contributed by atoms with Gasteiger partial charge in [0.25, 0.3) is 11.8 Å². The monoisotopic (exact) mass is 389 g/mol. The van der Waals surface area contributed by atoms with Crippen LogP contribution in [0.25, 0.3) is 0 Å². The maximum atomic E-state index is 12.6. The van der Waals surface area contributed by atoms with Crippen molar-refractivity contribution in [2.24, 2.45) is 0 Å². The standard InChI is InChI=1S/C23H23N3O3/c1-16(2)29-21-6-4-3-5-20(21)26-23(28)19-9-7-18(8-10-19)22(27)25-15-17-11-13-24-14-12-17/h3-14,16H,15H2,1-2H3,(H,25,27)(H,26,28). The van der Waals surface area contributed by atoms with E-state index in [4.69, 9.17) is 4.74 Å². The molecule has 0 spiro atoms. The van der Waals surface area contributed by atoms with Crippen molar-refractivity contribution in [3.05, 3.63) is 89.7 Å². The number of amides is 2. The van der Waals surface area contributed by atoms with Gasteiger partial charge in [0.05, 0.1) is 11.8 Å². The van der Waals surface area contributed by atoms with Gasteiger partial charge in [0.2, 0.25) is 0 Å². The molecule has 0 atom stereocenters. The smallest absolute Gasteiger partial charge is 0.255 e. The Hall–Kier alpha value is -3.67. The van der Waals surface area contributed by atoms with Gasteiger partial charge >= 0.3 is 0 Å². The zero-order valence-electron chi connectivity index (χ0n) is 16.4. The van der Waals surface area contributed by atoms with E-state index in [2.05, 4.69) is 15.6 Å². The molecule has 1 aromatic heterocycles. The Morgan fingerprint density at radius 2 is 1.52 bits per heavy atom. The Bertz CT molecular complexity index is 970. The lowest BCUT2D eigenvalue weighted by Gasteiger charge is -2.14. The van der Waals surface area contributed by atoms with E-state index in [0.717, 1.165) is 5.56 Å². The highest BCUT2D eigenvalue weighted by atomic mass is 16.5. The van der Waals surface area contributed by atoms with Crippen LogP contribution in [-0.4, -0.2) is 22.9 Å². The minimum absolute atomic E-state index is 0.00185. The lowest BCUT2D eigenvalue weighted by molar-refractivity contribution is 0.0949. The molecule has 0 radical (unpaired) electrons. The summed E-state index contributed by atoms with van der Waals surface area (Å²) in [5, 5.41) is 5.70. The van der Waals surface area contributed by atoms with Crippen LogP contribution in [0, 0.1) is 0 Å². The molecule has 0 unspecified atom stereocenters. The highest BCUT2D eigenvalue weighted by Crippen LogP contribution is 2.25. The molecule has 2 N–H and O–H groups in total. The van der Waals surface area contributed by atoms with Crippen LogP contribution in [-0.2, 0) is 6.54 Å². The molecule has 0 fully saturated rings.